The third kappa shape index (κ3) is 6.69. The lowest BCUT2D eigenvalue weighted by molar-refractivity contribution is 0.304. The first-order valence-electron chi connectivity index (χ1n) is 8.01. The van der Waals surface area contributed by atoms with Gasteiger partial charge in [0, 0.05) is 5.38 Å². The summed E-state index contributed by atoms with van der Waals surface area (Å²) in [6.45, 7) is 3.01. The topological polar surface area (TPSA) is 72.5 Å². The van der Waals surface area contributed by atoms with Crippen LogP contribution in [0, 0.1) is 0 Å². The van der Waals surface area contributed by atoms with Gasteiger partial charge in [0.25, 0.3) is 0 Å². The Hall–Kier alpha value is -2.08. The van der Waals surface area contributed by atoms with E-state index < -0.39 is 0 Å². The standard InChI is InChI=1S/C17H24N4OS/c1-2-3-4-5-6-11-22-15-9-7-14(8-10-15)12-19-21-17-20-16(18)13-23-17/h7-10,12-13H,2-6,11,18H2,1H3,(H,20,21). The molecule has 23 heavy (non-hydrogen) atoms. The van der Waals surface area contributed by atoms with Gasteiger partial charge in [0.1, 0.15) is 11.6 Å². The van der Waals surface area contributed by atoms with Crippen LogP contribution in [0.25, 0.3) is 0 Å². The van der Waals surface area contributed by atoms with Crippen molar-refractivity contribution in [2.75, 3.05) is 17.8 Å². The molecule has 0 aliphatic carbocycles. The van der Waals surface area contributed by atoms with Crippen molar-refractivity contribution in [3.63, 3.8) is 0 Å². The van der Waals surface area contributed by atoms with Crippen molar-refractivity contribution in [2.24, 2.45) is 5.10 Å². The van der Waals surface area contributed by atoms with Crippen LogP contribution in [0.4, 0.5) is 10.9 Å². The molecule has 0 bridgehead atoms. The largest absolute Gasteiger partial charge is 0.494 e. The zero-order valence-electron chi connectivity index (χ0n) is 13.5. The van der Waals surface area contributed by atoms with Crippen molar-refractivity contribution < 1.29 is 4.74 Å². The van der Waals surface area contributed by atoms with Crippen molar-refractivity contribution >= 4 is 28.5 Å². The monoisotopic (exact) mass is 332 g/mol. The molecule has 0 aliphatic rings. The summed E-state index contributed by atoms with van der Waals surface area (Å²) in [5.41, 5.74) is 9.40. The Morgan fingerprint density at radius 3 is 2.70 bits per heavy atom. The van der Waals surface area contributed by atoms with Gasteiger partial charge in [0.2, 0.25) is 5.13 Å². The highest BCUT2D eigenvalue weighted by molar-refractivity contribution is 7.14. The molecule has 0 spiro atoms. The number of anilines is 2. The number of unbranched alkanes of at least 4 members (excludes halogenated alkanes) is 4. The highest BCUT2D eigenvalue weighted by Crippen LogP contribution is 2.16. The summed E-state index contributed by atoms with van der Waals surface area (Å²) >= 11 is 1.42. The summed E-state index contributed by atoms with van der Waals surface area (Å²) in [6.07, 6.45) is 7.99. The summed E-state index contributed by atoms with van der Waals surface area (Å²) < 4.78 is 5.74. The molecule has 0 unspecified atom stereocenters. The van der Waals surface area contributed by atoms with Crippen LogP contribution in [-0.4, -0.2) is 17.8 Å². The minimum atomic E-state index is 0.504. The zero-order chi connectivity index (χ0) is 16.3. The minimum absolute atomic E-state index is 0.504. The SMILES string of the molecule is CCCCCCCOc1ccc(C=NNc2nc(N)cs2)cc1. The van der Waals surface area contributed by atoms with E-state index in [2.05, 4.69) is 22.4 Å². The summed E-state index contributed by atoms with van der Waals surface area (Å²) in [5, 5.41) is 6.59. The van der Waals surface area contributed by atoms with Crippen LogP contribution in [-0.2, 0) is 0 Å². The first kappa shape index (κ1) is 17.3. The van der Waals surface area contributed by atoms with E-state index in [-0.39, 0.29) is 0 Å². The molecule has 6 heteroatoms. The lowest BCUT2D eigenvalue weighted by Gasteiger charge is -2.06. The van der Waals surface area contributed by atoms with Crippen LogP contribution < -0.4 is 15.9 Å². The van der Waals surface area contributed by atoms with Crippen LogP contribution in [0.5, 0.6) is 5.75 Å². The number of hydrogen-bond acceptors (Lipinski definition) is 6. The number of nitrogens with zero attached hydrogens (tertiary/aromatic N) is 2. The van der Waals surface area contributed by atoms with Gasteiger partial charge < -0.3 is 10.5 Å². The molecular weight excluding hydrogens is 308 g/mol. The van der Waals surface area contributed by atoms with Gasteiger partial charge in [-0.15, -0.1) is 11.3 Å². The number of nitrogens with two attached hydrogens (primary N) is 1. The highest BCUT2D eigenvalue weighted by Gasteiger charge is 1.97. The molecule has 1 aromatic carbocycles. The van der Waals surface area contributed by atoms with Gasteiger partial charge in [0.05, 0.1) is 12.8 Å². The first-order valence-corrected chi connectivity index (χ1v) is 8.89. The van der Waals surface area contributed by atoms with Crippen molar-refractivity contribution in [1.82, 2.24) is 4.98 Å². The summed E-state index contributed by atoms with van der Waals surface area (Å²) in [4.78, 5) is 4.07. The van der Waals surface area contributed by atoms with Gasteiger partial charge in [-0.05, 0) is 36.2 Å². The fraction of sp³-hybridized carbons (Fsp3) is 0.412. The molecule has 2 rings (SSSR count). The Balaban J connectivity index is 1.69. The molecule has 2 aromatic rings. The Kier molecular flexibility index (Phi) is 7.39. The zero-order valence-corrected chi connectivity index (χ0v) is 14.3. The van der Waals surface area contributed by atoms with Gasteiger partial charge in [-0.3, -0.25) is 5.43 Å². The predicted molar refractivity (Wildman–Crippen MR) is 98.4 cm³/mol. The van der Waals surface area contributed by atoms with E-state index in [1.807, 2.05) is 24.3 Å². The number of thiazole rings is 1. The van der Waals surface area contributed by atoms with E-state index in [4.69, 9.17) is 10.5 Å². The molecule has 0 amide bonds. The van der Waals surface area contributed by atoms with Crippen LogP contribution in [0.1, 0.15) is 44.6 Å². The van der Waals surface area contributed by atoms with E-state index >= 15 is 0 Å². The molecular formula is C17H24N4OS. The number of hydrazone groups is 1. The lowest BCUT2D eigenvalue weighted by atomic mass is 10.2. The second kappa shape index (κ2) is 9.84. The van der Waals surface area contributed by atoms with E-state index in [9.17, 15) is 0 Å². The predicted octanol–water partition coefficient (Wildman–Crippen LogP) is 4.52. The molecule has 0 atom stereocenters. The Labute approximate surface area is 141 Å². The quantitative estimate of drug-likeness (QED) is 0.381. The second-order valence-electron chi connectivity index (χ2n) is 5.28. The van der Waals surface area contributed by atoms with E-state index in [1.54, 1.807) is 11.6 Å². The Morgan fingerprint density at radius 1 is 1.22 bits per heavy atom. The molecule has 124 valence electrons. The van der Waals surface area contributed by atoms with Gasteiger partial charge in [-0.25, -0.2) is 4.98 Å². The Morgan fingerprint density at radius 2 is 2.00 bits per heavy atom. The third-order valence-electron chi connectivity index (χ3n) is 3.29. The van der Waals surface area contributed by atoms with Gasteiger partial charge in [0.15, 0.2) is 0 Å². The molecule has 0 fully saturated rings. The van der Waals surface area contributed by atoms with Crippen LogP contribution in [0.2, 0.25) is 0 Å². The van der Waals surface area contributed by atoms with E-state index in [1.165, 1.54) is 37.0 Å². The third-order valence-corrected chi connectivity index (χ3v) is 4.06. The number of rotatable bonds is 10. The average molecular weight is 332 g/mol. The lowest BCUT2D eigenvalue weighted by Crippen LogP contribution is -1.97. The number of hydrogen-bond donors (Lipinski definition) is 2. The Bertz CT molecular complexity index is 595. The van der Waals surface area contributed by atoms with Crippen LogP contribution in [0.3, 0.4) is 0 Å². The van der Waals surface area contributed by atoms with Crippen LogP contribution in [0.15, 0.2) is 34.7 Å². The van der Waals surface area contributed by atoms with Gasteiger partial charge in [-0.1, -0.05) is 32.6 Å². The molecule has 0 saturated carbocycles. The fourth-order valence-corrected chi connectivity index (χ4v) is 2.59. The number of benzene rings is 1. The fourth-order valence-electron chi connectivity index (χ4n) is 2.05. The van der Waals surface area contributed by atoms with E-state index in [0.29, 0.717) is 10.9 Å². The van der Waals surface area contributed by atoms with Gasteiger partial charge in [-0.2, -0.15) is 5.10 Å². The smallest absolute Gasteiger partial charge is 0.205 e. The molecule has 1 aromatic heterocycles. The number of aromatic nitrogens is 1. The maximum absolute atomic E-state index is 5.74. The molecule has 0 aliphatic heterocycles. The van der Waals surface area contributed by atoms with Crippen molar-refractivity contribution in [1.29, 1.82) is 0 Å². The van der Waals surface area contributed by atoms with Gasteiger partial charge >= 0.3 is 0 Å². The van der Waals surface area contributed by atoms with E-state index in [0.717, 1.165) is 24.3 Å². The summed E-state index contributed by atoms with van der Waals surface area (Å²) in [5.74, 6) is 1.40. The van der Waals surface area contributed by atoms with Crippen LogP contribution >= 0.6 is 11.3 Å². The summed E-state index contributed by atoms with van der Waals surface area (Å²) in [6, 6.07) is 7.89. The normalized spacial score (nSPS) is 11.0. The second-order valence-corrected chi connectivity index (χ2v) is 6.14. The highest BCUT2D eigenvalue weighted by atomic mass is 32.1. The number of nitrogen functional groups attached to an aromatic ring is 1. The number of ether oxygens (including phenoxy) is 1. The number of nitrogens with one attached hydrogen (secondary N) is 1. The molecule has 0 radical (unpaired) electrons. The van der Waals surface area contributed by atoms with Crippen molar-refractivity contribution in [3.05, 3.63) is 35.2 Å². The maximum Gasteiger partial charge on any atom is 0.205 e. The summed E-state index contributed by atoms with van der Waals surface area (Å²) in [7, 11) is 0. The molecule has 5 nitrogen and oxygen atoms in total. The molecule has 3 N–H and O–H groups in total. The maximum atomic E-state index is 5.74. The minimum Gasteiger partial charge on any atom is -0.494 e. The average Bonchev–Trinajstić information content (AvgIpc) is 2.97. The molecule has 1 heterocycles. The molecule has 0 saturated heterocycles. The van der Waals surface area contributed by atoms with Crippen molar-refractivity contribution in [2.45, 2.75) is 39.0 Å². The first-order chi connectivity index (χ1) is 11.3. The van der Waals surface area contributed by atoms with Crippen molar-refractivity contribution in [3.8, 4) is 5.75 Å².